The number of hydrogen-bond donors (Lipinski definition) is 2. The van der Waals surface area contributed by atoms with E-state index in [0.29, 0.717) is 69.8 Å². The molecule has 14 heteroatoms. The molecule has 3 aromatic carbocycles. The maximum absolute atomic E-state index is 17.8. The Morgan fingerprint density at radius 2 is 1.96 bits per heavy atom. The van der Waals surface area contributed by atoms with Crippen molar-refractivity contribution < 1.29 is 32.5 Å². The smallest absolute Gasteiger partial charge is 0.319 e. The molecule has 54 heavy (non-hydrogen) atoms. The summed E-state index contributed by atoms with van der Waals surface area (Å²) in [6.07, 6.45) is 4.48. The van der Waals surface area contributed by atoms with Gasteiger partial charge in [-0.3, -0.25) is 19.2 Å². The van der Waals surface area contributed by atoms with Crippen molar-refractivity contribution >= 4 is 45.2 Å². The number of halogens is 3. The summed E-state index contributed by atoms with van der Waals surface area (Å²) in [5, 5.41) is 13.2. The van der Waals surface area contributed by atoms with Crippen LogP contribution in [0.4, 0.5) is 19.0 Å². The lowest BCUT2D eigenvalue weighted by Crippen LogP contribution is -2.49. The average molecular weight is 744 g/mol. The van der Waals surface area contributed by atoms with E-state index >= 15 is 8.78 Å². The van der Waals surface area contributed by atoms with E-state index in [2.05, 4.69) is 9.98 Å². The van der Waals surface area contributed by atoms with E-state index in [1.54, 1.807) is 26.2 Å². The molecule has 7 rings (SSSR count). The fourth-order valence-electron chi connectivity index (χ4n) is 7.30. The SMILES string of the molecule is CCc1c(F)ccc2cc(O)cc(-c3c(F)c4nc(OCC5(CF)COC5)nc(N5CCCN=C(/C=C(\N)C(=O)N(C)C)C5)c4c4c3=NC(C)C(C)C=4)c12. The van der Waals surface area contributed by atoms with E-state index in [4.69, 9.17) is 25.2 Å². The summed E-state index contributed by atoms with van der Waals surface area (Å²) in [6, 6.07) is 5.46. The second kappa shape index (κ2) is 14.5. The van der Waals surface area contributed by atoms with Gasteiger partial charge >= 0.3 is 6.01 Å². The Bertz CT molecular complexity index is 2350. The van der Waals surface area contributed by atoms with Crippen LogP contribution in [0.1, 0.15) is 32.8 Å². The van der Waals surface area contributed by atoms with E-state index in [9.17, 15) is 14.3 Å². The number of phenols is 1. The van der Waals surface area contributed by atoms with Gasteiger partial charge in [-0.2, -0.15) is 9.97 Å². The second-order valence-corrected chi connectivity index (χ2v) is 14.7. The Kier molecular flexibility index (Phi) is 9.98. The van der Waals surface area contributed by atoms with Crippen LogP contribution in [0.3, 0.4) is 0 Å². The van der Waals surface area contributed by atoms with Crippen LogP contribution >= 0.6 is 0 Å². The number of alkyl halides is 1. The fraction of sp³-hybridized carbons (Fsp3) is 0.425. The topological polar surface area (TPSA) is 139 Å². The molecule has 2 atom stereocenters. The Labute approximate surface area is 310 Å². The third-order valence-corrected chi connectivity index (χ3v) is 10.5. The van der Waals surface area contributed by atoms with Crippen LogP contribution < -0.4 is 25.9 Å². The average Bonchev–Trinajstić information content (AvgIpc) is 3.37. The van der Waals surface area contributed by atoms with Crippen molar-refractivity contribution in [2.24, 2.45) is 27.1 Å². The highest BCUT2D eigenvalue weighted by Gasteiger charge is 2.40. The highest BCUT2D eigenvalue weighted by molar-refractivity contribution is 6.07. The van der Waals surface area contributed by atoms with E-state index in [1.807, 2.05) is 31.7 Å². The first-order chi connectivity index (χ1) is 25.8. The zero-order chi connectivity index (χ0) is 38.5. The standard InChI is InChI=1S/C40H44F3N7O4/c1-6-26-29(42)9-8-23-13-25(51)15-27(31(23)26)32-34(43)36-33(28-12-21(2)22(3)46-35(28)32)37(48-39(47-36)54-20-40(17-41)18-53-19-40)50-11-7-10-45-24(16-50)14-30(44)38(52)49(4)5/h8-9,12-15,21-22,51H,6-7,10-11,16-20,44H2,1-5H3/b30-14-. The number of amides is 1. The molecule has 4 aromatic rings. The predicted octanol–water partition coefficient (Wildman–Crippen LogP) is 4.38. The van der Waals surface area contributed by atoms with Crippen LogP contribution in [0.25, 0.3) is 38.9 Å². The van der Waals surface area contributed by atoms with Crippen LogP contribution in [0.15, 0.2) is 46.0 Å². The number of rotatable bonds is 9. The summed E-state index contributed by atoms with van der Waals surface area (Å²) >= 11 is 0. The third kappa shape index (κ3) is 6.60. The molecule has 11 nitrogen and oxygen atoms in total. The van der Waals surface area contributed by atoms with Gasteiger partial charge in [0.25, 0.3) is 5.91 Å². The number of carbonyl (C=O) groups excluding carboxylic acids is 1. The summed E-state index contributed by atoms with van der Waals surface area (Å²) in [5.74, 6) is -1.43. The predicted molar refractivity (Wildman–Crippen MR) is 202 cm³/mol. The molecule has 2 unspecified atom stereocenters. The number of fused-ring (bicyclic) bond motifs is 4. The number of likely N-dealkylation sites (N-methyl/N-ethyl adjacent to an activating group) is 1. The molecule has 0 spiro atoms. The maximum atomic E-state index is 17.8. The molecule has 0 radical (unpaired) electrons. The number of anilines is 1. The summed E-state index contributed by atoms with van der Waals surface area (Å²) in [7, 11) is 3.21. The second-order valence-electron chi connectivity index (χ2n) is 14.7. The van der Waals surface area contributed by atoms with Gasteiger partial charge in [0.15, 0.2) is 5.82 Å². The lowest BCUT2D eigenvalue weighted by molar-refractivity contribution is -0.142. The van der Waals surface area contributed by atoms with Crippen LogP contribution in [-0.2, 0) is 16.0 Å². The van der Waals surface area contributed by atoms with Crippen molar-refractivity contribution in [3.05, 3.63) is 63.8 Å². The molecule has 3 aliphatic heterocycles. The molecule has 0 bridgehead atoms. The van der Waals surface area contributed by atoms with Gasteiger partial charge in [-0.15, -0.1) is 0 Å². The molecular formula is C40H44F3N7O4. The van der Waals surface area contributed by atoms with Gasteiger partial charge < -0.3 is 30.1 Å². The summed E-state index contributed by atoms with van der Waals surface area (Å²) in [4.78, 5) is 35.2. The lowest BCUT2D eigenvalue weighted by atomic mass is 9.89. The van der Waals surface area contributed by atoms with Gasteiger partial charge in [0.2, 0.25) is 0 Å². The number of carbonyl (C=O) groups is 1. The Hall–Kier alpha value is -5.24. The van der Waals surface area contributed by atoms with Crippen LogP contribution in [0.5, 0.6) is 11.8 Å². The van der Waals surface area contributed by atoms with Gasteiger partial charge in [0.05, 0.1) is 53.4 Å². The highest BCUT2D eigenvalue weighted by atomic mass is 19.1. The molecule has 1 fully saturated rings. The number of hydrogen-bond acceptors (Lipinski definition) is 10. The van der Waals surface area contributed by atoms with E-state index in [-0.39, 0.29) is 78.3 Å². The Morgan fingerprint density at radius 1 is 1.19 bits per heavy atom. The minimum Gasteiger partial charge on any atom is -0.508 e. The van der Waals surface area contributed by atoms with Crippen LogP contribution in [0.2, 0.25) is 0 Å². The molecule has 3 aliphatic rings. The minimum atomic E-state index is -0.874. The van der Waals surface area contributed by atoms with Crippen molar-refractivity contribution in [3.63, 3.8) is 0 Å². The first kappa shape index (κ1) is 37.1. The number of aromatic nitrogens is 2. The van der Waals surface area contributed by atoms with Gasteiger partial charge in [-0.1, -0.05) is 26.0 Å². The molecule has 0 aliphatic carbocycles. The number of phenolic OH excluding ortho intramolecular Hbond substituents is 1. The quantitative estimate of drug-likeness (QED) is 0.241. The molecule has 1 aromatic heterocycles. The van der Waals surface area contributed by atoms with Crippen molar-refractivity contribution in [3.8, 4) is 22.9 Å². The van der Waals surface area contributed by atoms with E-state index in [0.717, 1.165) is 0 Å². The zero-order valence-electron chi connectivity index (χ0n) is 31.0. The summed E-state index contributed by atoms with van der Waals surface area (Å²) < 4.78 is 58.7. The number of aliphatic imine (C=N–C) groups is 1. The zero-order valence-corrected chi connectivity index (χ0v) is 31.0. The molecule has 3 N–H and O–H groups in total. The first-order valence-corrected chi connectivity index (χ1v) is 18.2. The van der Waals surface area contributed by atoms with Crippen molar-refractivity contribution in [1.29, 1.82) is 0 Å². The molecule has 4 heterocycles. The molecule has 1 saturated heterocycles. The molecule has 1 amide bonds. The van der Waals surface area contributed by atoms with Gasteiger partial charge in [0.1, 0.15) is 36.2 Å². The summed E-state index contributed by atoms with van der Waals surface area (Å²) in [6.45, 7) is 6.39. The lowest BCUT2D eigenvalue weighted by Gasteiger charge is -2.38. The van der Waals surface area contributed by atoms with E-state index in [1.165, 1.54) is 23.1 Å². The number of aryl methyl sites for hydroxylation is 1. The highest BCUT2D eigenvalue weighted by Crippen LogP contribution is 2.39. The van der Waals surface area contributed by atoms with Crippen molar-refractivity contribution in [2.45, 2.75) is 39.7 Å². The Morgan fingerprint density at radius 3 is 2.65 bits per heavy atom. The van der Waals surface area contributed by atoms with Crippen molar-refractivity contribution in [2.75, 3.05) is 65.1 Å². The number of ether oxygens (including phenoxy) is 2. The minimum absolute atomic E-state index is 0.0145. The van der Waals surface area contributed by atoms with Crippen LogP contribution in [-0.4, -0.2) is 97.9 Å². The Balaban J connectivity index is 1.53. The third-order valence-electron chi connectivity index (χ3n) is 10.5. The fourth-order valence-corrected chi connectivity index (χ4v) is 7.30. The molecule has 284 valence electrons. The number of nitrogens with two attached hydrogens (primary N) is 1. The van der Waals surface area contributed by atoms with E-state index < -0.39 is 23.7 Å². The largest absolute Gasteiger partial charge is 0.508 e. The normalized spacial score (nSPS) is 19.7. The van der Waals surface area contributed by atoms with Crippen molar-refractivity contribution in [1.82, 2.24) is 14.9 Å². The van der Waals surface area contributed by atoms with Crippen LogP contribution in [0, 0.1) is 23.0 Å². The summed E-state index contributed by atoms with van der Waals surface area (Å²) in [5.41, 5.74) is 6.48. The number of benzene rings is 3. The number of aromatic hydroxyl groups is 1. The molecule has 0 saturated carbocycles. The monoisotopic (exact) mass is 743 g/mol. The first-order valence-electron chi connectivity index (χ1n) is 18.2. The van der Waals surface area contributed by atoms with Gasteiger partial charge in [-0.25, -0.2) is 8.78 Å². The maximum Gasteiger partial charge on any atom is 0.319 e. The number of nitrogens with zero attached hydrogens (tertiary/aromatic N) is 6. The van der Waals surface area contributed by atoms with Gasteiger partial charge in [0, 0.05) is 38.0 Å². The molecular weight excluding hydrogens is 699 g/mol. The van der Waals surface area contributed by atoms with Gasteiger partial charge in [-0.05, 0) is 71.9 Å².